The van der Waals surface area contributed by atoms with Crippen LogP contribution in [0.25, 0.3) is 10.8 Å². The molecule has 1 saturated heterocycles. The molecule has 4 heteroatoms. The smallest absolute Gasteiger partial charge is 0.308 e. The molecule has 0 saturated carbocycles. The molecule has 2 aromatic rings. The summed E-state index contributed by atoms with van der Waals surface area (Å²) in [6.45, 7) is 2.98. The second-order valence-corrected chi connectivity index (χ2v) is 6.49. The number of aliphatic carboxylic acids is 1. The standard InChI is InChI=1S/C19H21NO3/c1-13-9-16(19(22)23)12-20(11-13)18(21)10-15-7-4-6-14-5-2-3-8-17(14)15/h2-8,13,16H,9-12H2,1H3,(H,22,23). The van der Waals surface area contributed by atoms with Crippen LogP contribution in [0.4, 0.5) is 0 Å². The maximum absolute atomic E-state index is 12.7. The number of carboxylic acid groups (broad SMARTS) is 1. The Morgan fingerprint density at radius 3 is 2.65 bits per heavy atom. The highest BCUT2D eigenvalue weighted by atomic mass is 16.4. The molecule has 1 N–H and O–H groups in total. The highest BCUT2D eigenvalue weighted by molar-refractivity contribution is 5.90. The molecule has 0 spiro atoms. The molecule has 3 rings (SSSR count). The Labute approximate surface area is 135 Å². The number of fused-ring (bicyclic) bond motifs is 1. The third kappa shape index (κ3) is 3.36. The first-order chi connectivity index (χ1) is 11.0. The van der Waals surface area contributed by atoms with Crippen LogP contribution in [0.3, 0.4) is 0 Å². The lowest BCUT2D eigenvalue weighted by Gasteiger charge is -2.34. The Balaban J connectivity index is 1.79. The van der Waals surface area contributed by atoms with Gasteiger partial charge in [-0.25, -0.2) is 0 Å². The van der Waals surface area contributed by atoms with Gasteiger partial charge in [-0.1, -0.05) is 49.4 Å². The van der Waals surface area contributed by atoms with Crippen molar-refractivity contribution in [1.82, 2.24) is 4.90 Å². The van der Waals surface area contributed by atoms with Gasteiger partial charge in [-0.3, -0.25) is 9.59 Å². The average Bonchev–Trinajstić information content (AvgIpc) is 2.54. The Morgan fingerprint density at radius 2 is 1.87 bits per heavy atom. The average molecular weight is 311 g/mol. The van der Waals surface area contributed by atoms with Crippen LogP contribution in [0, 0.1) is 11.8 Å². The van der Waals surface area contributed by atoms with Gasteiger partial charge in [0.1, 0.15) is 0 Å². The molecule has 2 aromatic carbocycles. The van der Waals surface area contributed by atoms with Crippen LogP contribution >= 0.6 is 0 Å². The van der Waals surface area contributed by atoms with E-state index in [2.05, 4.69) is 0 Å². The number of amides is 1. The van der Waals surface area contributed by atoms with E-state index in [0.29, 0.717) is 25.9 Å². The Kier molecular flexibility index (Phi) is 4.33. The third-order valence-corrected chi connectivity index (χ3v) is 4.58. The fourth-order valence-corrected chi connectivity index (χ4v) is 3.46. The first kappa shape index (κ1) is 15.5. The van der Waals surface area contributed by atoms with Crippen molar-refractivity contribution < 1.29 is 14.7 Å². The first-order valence-corrected chi connectivity index (χ1v) is 8.02. The number of carbonyl (C=O) groups excluding carboxylic acids is 1. The largest absolute Gasteiger partial charge is 0.481 e. The zero-order chi connectivity index (χ0) is 16.4. The first-order valence-electron chi connectivity index (χ1n) is 8.02. The summed E-state index contributed by atoms with van der Waals surface area (Å²) in [4.78, 5) is 25.6. The number of carbonyl (C=O) groups is 2. The molecule has 1 heterocycles. The molecule has 0 aliphatic carbocycles. The van der Waals surface area contributed by atoms with Gasteiger partial charge in [0.05, 0.1) is 12.3 Å². The van der Waals surface area contributed by atoms with Crippen molar-refractivity contribution >= 4 is 22.6 Å². The van der Waals surface area contributed by atoms with Crippen LogP contribution < -0.4 is 0 Å². The molecule has 0 bridgehead atoms. The number of hydrogen-bond acceptors (Lipinski definition) is 2. The molecule has 4 nitrogen and oxygen atoms in total. The lowest BCUT2D eigenvalue weighted by molar-refractivity contribution is -0.146. The van der Waals surface area contributed by atoms with Gasteiger partial charge >= 0.3 is 5.97 Å². The van der Waals surface area contributed by atoms with Crippen LogP contribution in [0.1, 0.15) is 18.9 Å². The maximum atomic E-state index is 12.7. The summed E-state index contributed by atoms with van der Waals surface area (Å²) in [5.41, 5.74) is 0.998. The summed E-state index contributed by atoms with van der Waals surface area (Å²) in [5, 5.41) is 11.5. The normalized spacial score (nSPS) is 21.3. The predicted octanol–water partition coefficient (Wildman–Crippen LogP) is 2.95. The quantitative estimate of drug-likeness (QED) is 0.948. The SMILES string of the molecule is CC1CC(C(=O)O)CN(C(=O)Cc2cccc3ccccc23)C1. The number of hydrogen-bond donors (Lipinski definition) is 1. The summed E-state index contributed by atoms with van der Waals surface area (Å²) >= 11 is 0. The van der Waals surface area contributed by atoms with Crippen LogP contribution in [-0.4, -0.2) is 35.0 Å². The van der Waals surface area contributed by atoms with Crippen molar-refractivity contribution in [2.24, 2.45) is 11.8 Å². The lowest BCUT2D eigenvalue weighted by Crippen LogP contribution is -2.46. The summed E-state index contributed by atoms with van der Waals surface area (Å²) < 4.78 is 0. The number of benzene rings is 2. The molecule has 1 amide bonds. The van der Waals surface area contributed by atoms with Gasteiger partial charge in [-0.15, -0.1) is 0 Å². The van der Waals surface area contributed by atoms with Gasteiger partial charge in [0.25, 0.3) is 0 Å². The zero-order valence-corrected chi connectivity index (χ0v) is 13.2. The Morgan fingerprint density at radius 1 is 1.13 bits per heavy atom. The maximum Gasteiger partial charge on any atom is 0.308 e. The molecule has 120 valence electrons. The zero-order valence-electron chi connectivity index (χ0n) is 13.2. The highest BCUT2D eigenvalue weighted by Crippen LogP contribution is 2.24. The summed E-state index contributed by atoms with van der Waals surface area (Å²) in [7, 11) is 0. The fourth-order valence-electron chi connectivity index (χ4n) is 3.46. The molecule has 1 fully saturated rings. The molecule has 2 unspecified atom stereocenters. The van der Waals surface area contributed by atoms with Crippen molar-refractivity contribution in [2.75, 3.05) is 13.1 Å². The van der Waals surface area contributed by atoms with Crippen LogP contribution in [0.5, 0.6) is 0 Å². The fraction of sp³-hybridized carbons (Fsp3) is 0.368. The lowest BCUT2D eigenvalue weighted by atomic mass is 9.90. The van der Waals surface area contributed by atoms with Crippen LogP contribution in [0.2, 0.25) is 0 Å². The Bertz CT molecular complexity index is 735. The summed E-state index contributed by atoms with van der Waals surface area (Å²) in [6.07, 6.45) is 0.966. The van der Waals surface area contributed by atoms with E-state index in [1.54, 1.807) is 4.90 Å². The second kappa shape index (κ2) is 6.41. The van der Waals surface area contributed by atoms with Gasteiger partial charge in [-0.05, 0) is 28.7 Å². The van der Waals surface area contributed by atoms with E-state index in [0.717, 1.165) is 16.3 Å². The molecule has 1 aliphatic rings. The number of rotatable bonds is 3. The molecular formula is C19H21NO3. The monoisotopic (exact) mass is 311 g/mol. The predicted molar refractivity (Wildman–Crippen MR) is 89.1 cm³/mol. The van der Waals surface area contributed by atoms with Crippen molar-refractivity contribution in [3.63, 3.8) is 0 Å². The van der Waals surface area contributed by atoms with Gasteiger partial charge < -0.3 is 10.0 Å². The van der Waals surface area contributed by atoms with Gasteiger partial charge in [0, 0.05) is 13.1 Å². The number of likely N-dealkylation sites (tertiary alicyclic amines) is 1. The third-order valence-electron chi connectivity index (χ3n) is 4.58. The molecule has 23 heavy (non-hydrogen) atoms. The minimum atomic E-state index is -0.806. The highest BCUT2D eigenvalue weighted by Gasteiger charge is 2.31. The summed E-state index contributed by atoms with van der Waals surface area (Å²) in [6, 6.07) is 14.0. The van der Waals surface area contributed by atoms with Crippen molar-refractivity contribution in [2.45, 2.75) is 19.8 Å². The van der Waals surface area contributed by atoms with Gasteiger partial charge in [0.15, 0.2) is 0 Å². The van der Waals surface area contributed by atoms with Gasteiger partial charge in [-0.2, -0.15) is 0 Å². The summed E-state index contributed by atoms with van der Waals surface area (Å²) in [5.74, 6) is -1.02. The van der Waals surface area contributed by atoms with E-state index >= 15 is 0 Å². The topological polar surface area (TPSA) is 57.6 Å². The van der Waals surface area contributed by atoms with Crippen molar-refractivity contribution in [3.05, 3.63) is 48.0 Å². The number of carboxylic acids is 1. The number of nitrogens with zero attached hydrogens (tertiary/aromatic N) is 1. The van der Waals surface area contributed by atoms with Crippen LogP contribution in [0.15, 0.2) is 42.5 Å². The van der Waals surface area contributed by atoms with Crippen molar-refractivity contribution in [1.29, 1.82) is 0 Å². The van der Waals surface area contributed by atoms with E-state index < -0.39 is 11.9 Å². The number of piperidine rings is 1. The Hall–Kier alpha value is -2.36. The second-order valence-electron chi connectivity index (χ2n) is 6.49. The van der Waals surface area contributed by atoms with E-state index in [1.807, 2.05) is 49.4 Å². The van der Waals surface area contributed by atoms with E-state index in [4.69, 9.17) is 0 Å². The van der Waals surface area contributed by atoms with E-state index in [-0.39, 0.29) is 11.8 Å². The minimum Gasteiger partial charge on any atom is -0.481 e. The van der Waals surface area contributed by atoms with Crippen LogP contribution in [-0.2, 0) is 16.0 Å². The van der Waals surface area contributed by atoms with Crippen molar-refractivity contribution in [3.8, 4) is 0 Å². The molecular weight excluding hydrogens is 290 g/mol. The van der Waals surface area contributed by atoms with Gasteiger partial charge in [0.2, 0.25) is 5.91 Å². The molecule has 1 aliphatic heterocycles. The molecule has 0 aromatic heterocycles. The van der Waals surface area contributed by atoms with E-state index in [1.165, 1.54) is 0 Å². The van der Waals surface area contributed by atoms with E-state index in [9.17, 15) is 14.7 Å². The minimum absolute atomic E-state index is 0.0131. The molecule has 2 atom stereocenters. The molecule has 0 radical (unpaired) electrons.